The minimum atomic E-state index is -1.05. The van der Waals surface area contributed by atoms with Crippen molar-refractivity contribution in [2.45, 2.75) is 25.5 Å². The van der Waals surface area contributed by atoms with Crippen LogP contribution in [0.1, 0.15) is 34.8 Å². The molecule has 2 aromatic rings. The quantitative estimate of drug-likeness (QED) is 0.503. The molecule has 8 nitrogen and oxygen atoms in total. The number of carboxylic acids is 1. The molecular formula is C21H20N4O4S. The number of nitrogens with zero attached hydrogens (tertiary/aromatic N) is 2. The van der Waals surface area contributed by atoms with E-state index in [1.807, 2.05) is 38.1 Å². The Kier molecular flexibility index (Phi) is 6.63. The summed E-state index contributed by atoms with van der Waals surface area (Å²) in [4.78, 5) is 35.5. The first-order valence-corrected chi connectivity index (χ1v) is 10.00. The highest BCUT2D eigenvalue weighted by Crippen LogP contribution is 2.23. The summed E-state index contributed by atoms with van der Waals surface area (Å²) in [6.07, 6.45) is 0.00336. The van der Waals surface area contributed by atoms with Crippen LogP contribution in [-0.2, 0) is 9.59 Å². The first-order valence-electron chi connectivity index (χ1n) is 9.12. The van der Waals surface area contributed by atoms with Gasteiger partial charge in [0.25, 0.3) is 0 Å². The number of aromatic carboxylic acids is 1. The summed E-state index contributed by atoms with van der Waals surface area (Å²) in [5.74, 6) is -1.74. The van der Waals surface area contributed by atoms with Crippen molar-refractivity contribution in [2.75, 3.05) is 5.32 Å². The maximum absolute atomic E-state index is 12.5. The van der Waals surface area contributed by atoms with Crippen molar-refractivity contribution in [1.82, 2.24) is 5.32 Å². The van der Waals surface area contributed by atoms with Crippen LogP contribution in [0.15, 0.2) is 58.7 Å². The number of aryl methyl sites for hydroxylation is 1. The molecule has 154 valence electrons. The Morgan fingerprint density at radius 2 is 1.73 bits per heavy atom. The third-order valence-electron chi connectivity index (χ3n) is 4.32. The highest BCUT2D eigenvalue weighted by molar-refractivity contribution is 8.15. The van der Waals surface area contributed by atoms with Crippen LogP contribution in [0.25, 0.3) is 0 Å². The van der Waals surface area contributed by atoms with Crippen molar-refractivity contribution in [1.29, 1.82) is 0 Å². The first kappa shape index (κ1) is 21.3. The van der Waals surface area contributed by atoms with Crippen LogP contribution in [-0.4, -0.2) is 39.0 Å². The van der Waals surface area contributed by atoms with E-state index in [0.717, 1.165) is 22.9 Å². The molecule has 1 saturated heterocycles. The molecule has 1 aliphatic heterocycles. The minimum Gasteiger partial charge on any atom is -0.478 e. The van der Waals surface area contributed by atoms with Gasteiger partial charge in [0, 0.05) is 12.1 Å². The maximum Gasteiger partial charge on any atom is 0.335 e. The summed E-state index contributed by atoms with van der Waals surface area (Å²) in [6, 6.07) is 13.6. The number of anilines is 1. The Balaban J connectivity index is 1.68. The smallest absolute Gasteiger partial charge is 0.335 e. The van der Waals surface area contributed by atoms with Gasteiger partial charge in [-0.1, -0.05) is 41.6 Å². The lowest BCUT2D eigenvalue weighted by Gasteiger charge is -2.21. The number of rotatable bonds is 5. The number of carboxylic acid groups (broad SMARTS) is 1. The number of amidine groups is 1. The third-order valence-corrected chi connectivity index (χ3v) is 5.40. The fourth-order valence-electron chi connectivity index (χ4n) is 2.63. The Hall–Kier alpha value is -3.46. The molecule has 1 unspecified atom stereocenters. The zero-order valence-corrected chi connectivity index (χ0v) is 17.2. The number of amides is 2. The third kappa shape index (κ3) is 5.54. The predicted molar refractivity (Wildman–Crippen MR) is 117 cm³/mol. The number of carbonyl (C=O) groups is 3. The van der Waals surface area contributed by atoms with Gasteiger partial charge in [-0.2, -0.15) is 5.10 Å². The number of carbonyl (C=O) groups excluding carboxylic acids is 2. The molecule has 3 rings (SSSR count). The van der Waals surface area contributed by atoms with Gasteiger partial charge in [0.1, 0.15) is 5.25 Å². The maximum atomic E-state index is 12.5. The molecule has 3 N–H and O–H groups in total. The van der Waals surface area contributed by atoms with Crippen molar-refractivity contribution in [3.8, 4) is 0 Å². The van der Waals surface area contributed by atoms with Crippen LogP contribution < -0.4 is 10.6 Å². The fraction of sp³-hybridized carbons (Fsp3) is 0.190. The molecule has 1 aliphatic rings. The normalized spacial score (nSPS) is 18.1. The molecule has 2 aromatic carbocycles. The fourth-order valence-corrected chi connectivity index (χ4v) is 3.56. The van der Waals surface area contributed by atoms with Crippen LogP contribution in [0.3, 0.4) is 0 Å². The molecule has 0 radical (unpaired) electrons. The van der Waals surface area contributed by atoms with Crippen LogP contribution in [0.2, 0.25) is 0 Å². The lowest BCUT2D eigenvalue weighted by Crippen LogP contribution is -2.41. The van der Waals surface area contributed by atoms with Gasteiger partial charge in [-0.25, -0.2) is 4.79 Å². The van der Waals surface area contributed by atoms with Crippen molar-refractivity contribution < 1.29 is 19.5 Å². The summed E-state index contributed by atoms with van der Waals surface area (Å²) in [5, 5.41) is 22.1. The Bertz CT molecular complexity index is 1030. The molecule has 0 aromatic heterocycles. The van der Waals surface area contributed by atoms with E-state index in [2.05, 4.69) is 20.8 Å². The van der Waals surface area contributed by atoms with Gasteiger partial charge < -0.3 is 15.7 Å². The largest absolute Gasteiger partial charge is 0.478 e. The summed E-state index contributed by atoms with van der Waals surface area (Å²) < 4.78 is 0. The Morgan fingerprint density at radius 3 is 2.37 bits per heavy atom. The van der Waals surface area contributed by atoms with Crippen LogP contribution in [0.4, 0.5) is 5.69 Å². The molecular weight excluding hydrogens is 404 g/mol. The molecule has 1 heterocycles. The molecule has 0 spiro atoms. The van der Waals surface area contributed by atoms with E-state index < -0.39 is 11.2 Å². The zero-order valence-electron chi connectivity index (χ0n) is 16.4. The van der Waals surface area contributed by atoms with Gasteiger partial charge in [0.15, 0.2) is 5.17 Å². The van der Waals surface area contributed by atoms with Gasteiger partial charge in [0.2, 0.25) is 11.8 Å². The summed E-state index contributed by atoms with van der Waals surface area (Å²) in [7, 11) is 0. The topological polar surface area (TPSA) is 120 Å². The summed E-state index contributed by atoms with van der Waals surface area (Å²) in [5.41, 5.74) is 3.30. The number of benzene rings is 2. The Morgan fingerprint density at radius 1 is 1.10 bits per heavy atom. The van der Waals surface area contributed by atoms with Crippen LogP contribution in [0.5, 0.6) is 0 Å². The summed E-state index contributed by atoms with van der Waals surface area (Å²) >= 11 is 1.12. The molecule has 1 atom stereocenters. The SMILES string of the molecule is C/C(=N\N=C1/NC(=O)CC(C(=O)Nc2ccc(C(=O)O)cc2)S1)c1ccc(C)cc1. The second-order valence-electron chi connectivity index (χ2n) is 6.69. The second-order valence-corrected chi connectivity index (χ2v) is 7.88. The van der Waals surface area contributed by atoms with Crippen molar-refractivity contribution >= 4 is 46.1 Å². The average Bonchev–Trinajstić information content (AvgIpc) is 2.72. The van der Waals surface area contributed by atoms with Crippen molar-refractivity contribution in [3.63, 3.8) is 0 Å². The standard InChI is InChI=1S/C21H20N4O4S/c1-12-3-5-14(6-4-12)13(2)24-25-21-23-18(26)11-17(30-21)19(27)22-16-9-7-15(8-10-16)20(28)29/h3-10,17H,11H2,1-2H3,(H,22,27)(H,28,29)(H,23,25,26)/b24-13+. The second kappa shape index (κ2) is 9.36. The van der Waals surface area contributed by atoms with Gasteiger partial charge in [-0.15, -0.1) is 5.10 Å². The molecule has 2 amide bonds. The highest BCUT2D eigenvalue weighted by atomic mass is 32.2. The molecule has 0 bridgehead atoms. The van der Waals surface area contributed by atoms with E-state index >= 15 is 0 Å². The van der Waals surface area contributed by atoms with Gasteiger partial charge in [-0.05, 0) is 43.7 Å². The van der Waals surface area contributed by atoms with Gasteiger partial charge in [0.05, 0.1) is 11.3 Å². The van der Waals surface area contributed by atoms with E-state index in [1.54, 1.807) is 0 Å². The number of hydrogen-bond donors (Lipinski definition) is 3. The van der Waals surface area contributed by atoms with Crippen LogP contribution in [0, 0.1) is 6.92 Å². The molecule has 0 aliphatic carbocycles. The minimum absolute atomic E-state index is 0.00336. The van der Waals surface area contributed by atoms with E-state index in [-0.39, 0.29) is 29.0 Å². The molecule has 9 heteroatoms. The van der Waals surface area contributed by atoms with E-state index in [1.165, 1.54) is 24.3 Å². The lowest BCUT2D eigenvalue weighted by molar-refractivity contribution is -0.123. The monoisotopic (exact) mass is 424 g/mol. The van der Waals surface area contributed by atoms with Gasteiger partial charge >= 0.3 is 5.97 Å². The van der Waals surface area contributed by atoms with E-state index in [4.69, 9.17) is 5.11 Å². The summed E-state index contributed by atoms with van der Waals surface area (Å²) in [6.45, 7) is 3.81. The molecule has 0 saturated carbocycles. The van der Waals surface area contributed by atoms with Crippen LogP contribution >= 0.6 is 11.8 Å². The lowest BCUT2D eigenvalue weighted by atomic mass is 10.1. The average molecular weight is 424 g/mol. The van der Waals surface area contributed by atoms with Crippen molar-refractivity contribution in [3.05, 3.63) is 65.2 Å². The zero-order chi connectivity index (χ0) is 21.7. The van der Waals surface area contributed by atoms with Crippen molar-refractivity contribution in [2.24, 2.45) is 10.2 Å². The predicted octanol–water partition coefficient (Wildman–Crippen LogP) is 3.03. The number of nitrogens with one attached hydrogen (secondary N) is 2. The number of thioether (sulfide) groups is 1. The molecule has 1 fully saturated rings. The first-order chi connectivity index (χ1) is 14.3. The van der Waals surface area contributed by atoms with E-state index in [9.17, 15) is 14.4 Å². The van der Waals surface area contributed by atoms with E-state index in [0.29, 0.717) is 11.4 Å². The van der Waals surface area contributed by atoms with Gasteiger partial charge in [-0.3, -0.25) is 9.59 Å². The number of hydrogen-bond acceptors (Lipinski definition) is 6. The highest BCUT2D eigenvalue weighted by Gasteiger charge is 2.30. The molecule has 30 heavy (non-hydrogen) atoms. The Labute approximate surface area is 177 Å².